The van der Waals surface area contributed by atoms with Crippen molar-refractivity contribution >= 4 is 33.0 Å². The van der Waals surface area contributed by atoms with E-state index in [1.165, 1.54) is 5.38 Å². The zero-order chi connectivity index (χ0) is 16.4. The van der Waals surface area contributed by atoms with E-state index in [-0.39, 0.29) is 9.77 Å². The Balaban J connectivity index is 1.81. The van der Waals surface area contributed by atoms with Crippen LogP contribution in [0.3, 0.4) is 0 Å². The summed E-state index contributed by atoms with van der Waals surface area (Å²) in [5.41, 5.74) is 2.23. The summed E-state index contributed by atoms with van der Waals surface area (Å²) in [6.45, 7) is 0. The molecule has 3 N–H and O–H groups in total. The summed E-state index contributed by atoms with van der Waals surface area (Å²) in [4.78, 5) is 13.9. The predicted octanol–water partition coefficient (Wildman–Crippen LogP) is 3.24. The first kappa shape index (κ1) is 15.3. The molecule has 8 heteroatoms. The van der Waals surface area contributed by atoms with Crippen LogP contribution in [0.25, 0.3) is 11.3 Å². The lowest BCUT2D eigenvalue weighted by molar-refractivity contribution is 0.0697. The zero-order valence-corrected chi connectivity index (χ0v) is 13.3. The average Bonchev–Trinajstić information content (AvgIpc) is 3.20. The Bertz CT molecular complexity index is 926. The topological polar surface area (TPSA) is 99.3 Å². The van der Waals surface area contributed by atoms with Gasteiger partial charge in [0.2, 0.25) is 0 Å². The first-order valence-corrected chi connectivity index (χ1v) is 8.90. The second kappa shape index (κ2) is 5.90. The summed E-state index contributed by atoms with van der Waals surface area (Å²) < 4.78 is 26.9. The number of thiophene rings is 1. The Hall–Kier alpha value is -2.58. The molecule has 0 amide bonds. The molecule has 0 saturated heterocycles. The van der Waals surface area contributed by atoms with Gasteiger partial charge in [-0.05, 0) is 35.9 Å². The molecular weight excluding hydrogens is 336 g/mol. The third kappa shape index (κ3) is 3.27. The number of sulfonamides is 1. The van der Waals surface area contributed by atoms with Crippen LogP contribution in [-0.4, -0.2) is 24.5 Å². The van der Waals surface area contributed by atoms with Gasteiger partial charge >= 0.3 is 5.97 Å². The second-order valence-electron chi connectivity index (χ2n) is 4.73. The fourth-order valence-electron chi connectivity index (χ4n) is 2.00. The molecule has 23 heavy (non-hydrogen) atoms. The highest BCUT2D eigenvalue weighted by Gasteiger charge is 2.19. The van der Waals surface area contributed by atoms with Gasteiger partial charge in [0.05, 0.1) is 5.56 Å². The third-order valence-electron chi connectivity index (χ3n) is 3.13. The molecule has 3 rings (SSSR count). The maximum atomic E-state index is 12.3. The molecule has 2 heterocycles. The molecule has 0 atom stereocenters. The van der Waals surface area contributed by atoms with Gasteiger partial charge < -0.3 is 10.1 Å². The Morgan fingerprint density at radius 1 is 1.17 bits per heavy atom. The van der Waals surface area contributed by atoms with Gasteiger partial charge in [-0.15, -0.1) is 11.3 Å². The molecule has 0 bridgehead atoms. The van der Waals surface area contributed by atoms with Crippen molar-refractivity contribution in [2.24, 2.45) is 0 Å². The second-order valence-corrected chi connectivity index (χ2v) is 7.55. The largest absolute Gasteiger partial charge is 0.478 e. The lowest BCUT2D eigenvalue weighted by Crippen LogP contribution is -2.11. The number of anilines is 1. The van der Waals surface area contributed by atoms with E-state index in [0.717, 1.165) is 28.7 Å². The summed E-state index contributed by atoms with van der Waals surface area (Å²) in [6, 6.07) is 11.8. The molecule has 0 unspecified atom stereocenters. The molecular formula is C15H12N2O4S2. The van der Waals surface area contributed by atoms with Crippen molar-refractivity contribution < 1.29 is 18.3 Å². The van der Waals surface area contributed by atoms with E-state index in [9.17, 15) is 13.2 Å². The number of benzene rings is 1. The van der Waals surface area contributed by atoms with E-state index >= 15 is 0 Å². The van der Waals surface area contributed by atoms with Crippen LogP contribution in [0.15, 0.2) is 58.3 Å². The van der Waals surface area contributed by atoms with Crippen LogP contribution in [0.4, 0.5) is 5.69 Å². The third-order valence-corrected chi connectivity index (χ3v) is 5.95. The summed E-state index contributed by atoms with van der Waals surface area (Å²) in [7, 11) is -3.80. The minimum atomic E-state index is -3.80. The van der Waals surface area contributed by atoms with Gasteiger partial charge in [0.15, 0.2) is 0 Å². The maximum absolute atomic E-state index is 12.3. The Morgan fingerprint density at radius 3 is 2.48 bits per heavy atom. The first-order chi connectivity index (χ1) is 11.0. The van der Waals surface area contributed by atoms with Gasteiger partial charge in [-0.2, -0.15) is 0 Å². The quantitative estimate of drug-likeness (QED) is 0.659. The number of H-pyrrole nitrogens is 1. The molecule has 118 valence electrons. The molecule has 0 aliphatic heterocycles. The summed E-state index contributed by atoms with van der Waals surface area (Å²) in [5, 5.41) is 10.2. The van der Waals surface area contributed by atoms with E-state index in [0.29, 0.717) is 5.69 Å². The van der Waals surface area contributed by atoms with Crippen LogP contribution >= 0.6 is 11.3 Å². The van der Waals surface area contributed by atoms with Gasteiger partial charge in [0.1, 0.15) is 4.21 Å². The SMILES string of the molecule is O=C(O)c1csc(S(=O)(=O)Nc2ccc(-c3ccc[nH]3)cc2)c1. The summed E-state index contributed by atoms with van der Waals surface area (Å²) in [6.07, 6.45) is 1.81. The Morgan fingerprint density at radius 2 is 1.91 bits per heavy atom. The number of carbonyl (C=O) groups is 1. The number of rotatable bonds is 5. The van der Waals surface area contributed by atoms with Crippen LogP contribution in [0, 0.1) is 0 Å². The van der Waals surface area contributed by atoms with E-state index in [2.05, 4.69) is 9.71 Å². The number of aromatic nitrogens is 1. The van der Waals surface area contributed by atoms with Crippen molar-refractivity contribution in [3.05, 3.63) is 59.6 Å². The van der Waals surface area contributed by atoms with Crippen LogP contribution in [-0.2, 0) is 10.0 Å². The van der Waals surface area contributed by atoms with Gasteiger partial charge in [-0.3, -0.25) is 4.72 Å². The van der Waals surface area contributed by atoms with Crippen LogP contribution in [0.5, 0.6) is 0 Å². The van der Waals surface area contributed by atoms with E-state index in [4.69, 9.17) is 5.11 Å². The van der Waals surface area contributed by atoms with Crippen LogP contribution < -0.4 is 4.72 Å². The molecule has 0 aliphatic rings. The molecule has 0 aliphatic carbocycles. The fourth-order valence-corrected chi connectivity index (χ4v) is 4.21. The molecule has 6 nitrogen and oxygen atoms in total. The van der Waals surface area contributed by atoms with E-state index in [1.807, 2.05) is 18.3 Å². The molecule has 1 aromatic carbocycles. The van der Waals surface area contributed by atoms with Gasteiger partial charge in [0, 0.05) is 23.0 Å². The van der Waals surface area contributed by atoms with Gasteiger partial charge in [0.25, 0.3) is 10.0 Å². The minimum absolute atomic E-state index is 0.0386. The molecule has 2 aromatic heterocycles. The normalized spacial score (nSPS) is 11.3. The number of hydrogen-bond donors (Lipinski definition) is 3. The smallest absolute Gasteiger partial charge is 0.336 e. The number of hydrogen-bond acceptors (Lipinski definition) is 4. The molecule has 3 aromatic rings. The van der Waals surface area contributed by atoms with Crippen LogP contribution in [0.2, 0.25) is 0 Å². The average molecular weight is 348 g/mol. The predicted molar refractivity (Wildman–Crippen MR) is 88.3 cm³/mol. The molecule has 0 fully saturated rings. The number of carboxylic acid groups (broad SMARTS) is 1. The van der Waals surface area contributed by atoms with Gasteiger partial charge in [-0.1, -0.05) is 12.1 Å². The van der Waals surface area contributed by atoms with Crippen molar-refractivity contribution in [3.8, 4) is 11.3 Å². The van der Waals surface area contributed by atoms with Crippen molar-refractivity contribution in [1.82, 2.24) is 4.98 Å². The monoisotopic (exact) mass is 348 g/mol. The van der Waals surface area contributed by atoms with Gasteiger partial charge in [-0.25, -0.2) is 13.2 Å². The highest BCUT2D eigenvalue weighted by molar-refractivity contribution is 7.94. The lowest BCUT2D eigenvalue weighted by atomic mass is 10.1. The standard InChI is InChI=1S/C15H12N2O4S2/c18-15(19)11-8-14(22-9-11)23(20,21)17-12-5-3-10(4-6-12)13-2-1-7-16-13/h1-9,16-17H,(H,18,19). The Kier molecular flexibility index (Phi) is 3.93. The highest BCUT2D eigenvalue weighted by Crippen LogP contribution is 2.25. The van der Waals surface area contributed by atoms with Crippen molar-refractivity contribution in [2.75, 3.05) is 4.72 Å². The highest BCUT2D eigenvalue weighted by atomic mass is 32.2. The summed E-state index contributed by atoms with van der Waals surface area (Å²) >= 11 is 0.869. The van der Waals surface area contributed by atoms with Crippen molar-refractivity contribution in [1.29, 1.82) is 0 Å². The van der Waals surface area contributed by atoms with E-state index in [1.54, 1.807) is 24.3 Å². The fraction of sp³-hybridized carbons (Fsp3) is 0. The molecule has 0 spiro atoms. The van der Waals surface area contributed by atoms with E-state index < -0.39 is 16.0 Å². The number of nitrogens with one attached hydrogen (secondary N) is 2. The van der Waals surface area contributed by atoms with Crippen molar-refractivity contribution in [2.45, 2.75) is 4.21 Å². The van der Waals surface area contributed by atoms with Crippen molar-refractivity contribution in [3.63, 3.8) is 0 Å². The zero-order valence-electron chi connectivity index (χ0n) is 11.7. The Labute approximate surface area is 136 Å². The molecule has 0 saturated carbocycles. The summed E-state index contributed by atoms with van der Waals surface area (Å²) in [5.74, 6) is -1.15. The lowest BCUT2D eigenvalue weighted by Gasteiger charge is -2.07. The molecule has 0 radical (unpaired) electrons. The number of carboxylic acids is 1. The maximum Gasteiger partial charge on any atom is 0.336 e. The number of aromatic amines is 1. The minimum Gasteiger partial charge on any atom is -0.478 e. The number of aromatic carboxylic acids is 1. The first-order valence-electron chi connectivity index (χ1n) is 6.54. The van der Waals surface area contributed by atoms with Crippen LogP contribution in [0.1, 0.15) is 10.4 Å².